The lowest BCUT2D eigenvalue weighted by molar-refractivity contribution is 0.109. The van der Waals surface area contributed by atoms with E-state index in [1.807, 2.05) is 17.5 Å². The van der Waals surface area contributed by atoms with E-state index in [0.717, 1.165) is 4.88 Å². The summed E-state index contributed by atoms with van der Waals surface area (Å²) in [7, 11) is 0. The molecule has 2 heterocycles. The van der Waals surface area contributed by atoms with E-state index in [0.29, 0.717) is 12.0 Å². The SMILES string of the molecule is O=Cc1cc(-c2cccs2)no1. The van der Waals surface area contributed by atoms with Gasteiger partial charge in [-0.25, -0.2) is 0 Å². The first kappa shape index (κ1) is 7.24. The molecule has 0 aliphatic heterocycles. The summed E-state index contributed by atoms with van der Waals surface area (Å²) >= 11 is 1.56. The van der Waals surface area contributed by atoms with Crippen molar-refractivity contribution >= 4 is 17.6 Å². The highest BCUT2D eigenvalue weighted by Crippen LogP contribution is 2.23. The highest BCUT2D eigenvalue weighted by Gasteiger charge is 2.05. The van der Waals surface area contributed by atoms with E-state index >= 15 is 0 Å². The van der Waals surface area contributed by atoms with Crippen LogP contribution in [0.4, 0.5) is 0 Å². The number of nitrogens with zero attached hydrogens (tertiary/aromatic N) is 1. The van der Waals surface area contributed by atoms with Gasteiger partial charge in [-0.15, -0.1) is 11.3 Å². The molecule has 0 aliphatic carbocycles. The fraction of sp³-hybridized carbons (Fsp3) is 0. The minimum Gasteiger partial charge on any atom is -0.353 e. The molecule has 0 atom stereocenters. The van der Waals surface area contributed by atoms with Gasteiger partial charge < -0.3 is 4.52 Å². The van der Waals surface area contributed by atoms with Crippen LogP contribution in [0.2, 0.25) is 0 Å². The smallest absolute Gasteiger partial charge is 0.199 e. The molecular formula is C8H5NO2S. The Kier molecular flexibility index (Phi) is 1.75. The lowest BCUT2D eigenvalue weighted by Gasteiger charge is -1.81. The Morgan fingerprint density at radius 3 is 3.08 bits per heavy atom. The minimum atomic E-state index is 0.262. The van der Waals surface area contributed by atoms with E-state index in [9.17, 15) is 4.79 Å². The molecule has 0 bridgehead atoms. The average Bonchev–Trinajstić information content (AvgIpc) is 2.75. The van der Waals surface area contributed by atoms with Gasteiger partial charge in [0, 0.05) is 6.07 Å². The fourth-order valence-corrected chi connectivity index (χ4v) is 1.56. The second-order valence-electron chi connectivity index (χ2n) is 2.21. The van der Waals surface area contributed by atoms with E-state index in [1.165, 1.54) is 0 Å². The van der Waals surface area contributed by atoms with Gasteiger partial charge in [-0.05, 0) is 11.4 Å². The van der Waals surface area contributed by atoms with Crippen molar-refractivity contribution in [3.63, 3.8) is 0 Å². The van der Waals surface area contributed by atoms with Gasteiger partial charge in [-0.2, -0.15) is 0 Å². The van der Waals surface area contributed by atoms with Crippen molar-refractivity contribution in [2.75, 3.05) is 0 Å². The predicted octanol–water partition coefficient (Wildman–Crippen LogP) is 2.22. The van der Waals surface area contributed by atoms with Crippen molar-refractivity contribution < 1.29 is 9.32 Å². The van der Waals surface area contributed by atoms with Gasteiger partial charge in [0.15, 0.2) is 12.0 Å². The van der Waals surface area contributed by atoms with Crippen molar-refractivity contribution in [1.29, 1.82) is 0 Å². The van der Waals surface area contributed by atoms with Crippen LogP contribution in [0.1, 0.15) is 10.6 Å². The van der Waals surface area contributed by atoms with Crippen LogP contribution in [0.15, 0.2) is 28.1 Å². The molecule has 0 aromatic carbocycles. The van der Waals surface area contributed by atoms with Crippen molar-refractivity contribution in [3.8, 4) is 10.6 Å². The number of hydrogen-bond acceptors (Lipinski definition) is 4. The number of rotatable bonds is 2. The van der Waals surface area contributed by atoms with Gasteiger partial charge in [0.2, 0.25) is 0 Å². The van der Waals surface area contributed by atoms with Crippen molar-refractivity contribution in [2.24, 2.45) is 0 Å². The van der Waals surface area contributed by atoms with Gasteiger partial charge in [-0.1, -0.05) is 11.2 Å². The van der Waals surface area contributed by atoms with Crippen LogP contribution in [-0.2, 0) is 0 Å². The third-order valence-corrected chi connectivity index (χ3v) is 2.31. The van der Waals surface area contributed by atoms with Gasteiger partial charge in [0.25, 0.3) is 0 Å². The molecule has 0 saturated heterocycles. The van der Waals surface area contributed by atoms with Gasteiger partial charge in [0.1, 0.15) is 5.69 Å². The molecule has 2 aromatic rings. The largest absolute Gasteiger partial charge is 0.353 e. The Balaban J connectivity index is 2.41. The third kappa shape index (κ3) is 1.16. The zero-order valence-corrected chi connectivity index (χ0v) is 6.88. The number of aldehydes is 1. The van der Waals surface area contributed by atoms with Crippen LogP contribution >= 0.6 is 11.3 Å². The van der Waals surface area contributed by atoms with Crippen LogP contribution in [0.5, 0.6) is 0 Å². The molecule has 0 fully saturated rings. The topological polar surface area (TPSA) is 43.1 Å². The zero-order chi connectivity index (χ0) is 8.39. The predicted molar refractivity (Wildman–Crippen MR) is 45.2 cm³/mol. The van der Waals surface area contributed by atoms with Gasteiger partial charge in [-0.3, -0.25) is 4.79 Å². The maximum atomic E-state index is 10.3. The maximum Gasteiger partial charge on any atom is 0.199 e. The van der Waals surface area contributed by atoms with Crippen LogP contribution in [0.25, 0.3) is 10.6 Å². The monoisotopic (exact) mass is 179 g/mol. The highest BCUT2D eigenvalue weighted by molar-refractivity contribution is 7.13. The molecule has 4 heteroatoms. The first-order valence-corrected chi connectivity index (χ1v) is 4.24. The molecule has 2 rings (SSSR count). The molecule has 0 radical (unpaired) electrons. The van der Waals surface area contributed by atoms with Crippen molar-refractivity contribution in [2.45, 2.75) is 0 Å². The second kappa shape index (κ2) is 2.91. The molecule has 0 N–H and O–H groups in total. The molecule has 0 aliphatic rings. The van der Waals surface area contributed by atoms with Crippen LogP contribution in [0, 0.1) is 0 Å². The summed E-state index contributed by atoms with van der Waals surface area (Å²) in [5.74, 6) is 0.262. The highest BCUT2D eigenvalue weighted by atomic mass is 32.1. The summed E-state index contributed by atoms with van der Waals surface area (Å²) < 4.78 is 4.73. The summed E-state index contributed by atoms with van der Waals surface area (Å²) in [6.45, 7) is 0. The van der Waals surface area contributed by atoms with Crippen LogP contribution < -0.4 is 0 Å². The lowest BCUT2D eigenvalue weighted by Crippen LogP contribution is -1.67. The number of aromatic nitrogens is 1. The normalized spacial score (nSPS) is 10.0. The molecule has 0 saturated carbocycles. The molecule has 0 unspecified atom stereocenters. The quantitative estimate of drug-likeness (QED) is 0.664. The molecule has 0 spiro atoms. The fourth-order valence-electron chi connectivity index (χ4n) is 0.885. The van der Waals surface area contributed by atoms with Crippen LogP contribution in [-0.4, -0.2) is 11.4 Å². The number of carbonyl (C=O) groups excluding carboxylic acids is 1. The lowest BCUT2D eigenvalue weighted by atomic mass is 10.3. The summed E-state index contributed by atoms with van der Waals surface area (Å²) in [4.78, 5) is 11.3. The Hall–Kier alpha value is -1.42. The number of carbonyl (C=O) groups is 1. The molecule has 3 nitrogen and oxygen atoms in total. The van der Waals surface area contributed by atoms with E-state index in [4.69, 9.17) is 4.52 Å². The summed E-state index contributed by atoms with van der Waals surface area (Å²) in [5, 5.41) is 5.68. The van der Waals surface area contributed by atoms with Gasteiger partial charge in [0.05, 0.1) is 4.88 Å². The number of thiophene rings is 1. The summed E-state index contributed by atoms with van der Waals surface area (Å²) in [6, 6.07) is 5.48. The minimum absolute atomic E-state index is 0.262. The maximum absolute atomic E-state index is 10.3. The van der Waals surface area contributed by atoms with E-state index < -0.39 is 0 Å². The van der Waals surface area contributed by atoms with Gasteiger partial charge >= 0.3 is 0 Å². The first-order valence-electron chi connectivity index (χ1n) is 3.36. The standard InChI is InChI=1S/C8H5NO2S/c10-5-6-4-7(9-11-6)8-2-1-3-12-8/h1-5H. The van der Waals surface area contributed by atoms with Crippen molar-refractivity contribution in [3.05, 3.63) is 29.3 Å². The van der Waals surface area contributed by atoms with E-state index in [-0.39, 0.29) is 5.76 Å². The first-order chi connectivity index (χ1) is 5.90. The molecule has 12 heavy (non-hydrogen) atoms. The Morgan fingerprint density at radius 1 is 1.58 bits per heavy atom. The Labute approximate surface area is 72.6 Å². The van der Waals surface area contributed by atoms with E-state index in [1.54, 1.807) is 17.4 Å². The number of hydrogen-bond donors (Lipinski definition) is 0. The molecule has 60 valence electrons. The second-order valence-corrected chi connectivity index (χ2v) is 3.16. The average molecular weight is 179 g/mol. The molecular weight excluding hydrogens is 174 g/mol. The van der Waals surface area contributed by atoms with Crippen LogP contribution in [0.3, 0.4) is 0 Å². The third-order valence-electron chi connectivity index (χ3n) is 1.42. The Bertz CT molecular complexity index is 377. The van der Waals surface area contributed by atoms with E-state index in [2.05, 4.69) is 5.16 Å². The molecule has 0 amide bonds. The Morgan fingerprint density at radius 2 is 2.50 bits per heavy atom. The summed E-state index contributed by atoms with van der Waals surface area (Å²) in [5.41, 5.74) is 0.715. The summed E-state index contributed by atoms with van der Waals surface area (Å²) in [6.07, 6.45) is 0.643. The zero-order valence-electron chi connectivity index (χ0n) is 6.06. The van der Waals surface area contributed by atoms with Crippen molar-refractivity contribution in [1.82, 2.24) is 5.16 Å². The molecule has 2 aromatic heterocycles.